The van der Waals surface area contributed by atoms with Crippen LogP contribution in [0.2, 0.25) is 5.02 Å². The van der Waals surface area contributed by atoms with Crippen molar-refractivity contribution in [1.29, 1.82) is 0 Å². The predicted molar refractivity (Wildman–Crippen MR) is 109 cm³/mol. The normalized spacial score (nSPS) is 10.9. The average molecular weight is 427 g/mol. The fraction of sp³-hybridized carbons (Fsp3) is 0.235. The molecule has 1 N–H and O–H groups in total. The van der Waals surface area contributed by atoms with Crippen LogP contribution in [0.1, 0.15) is 20.8 Å². The number of fused-ring (bicyclic) bond motifs is 1. The van der Waals surface area contributed by atoms with Gasteiger partial charge in [-0.3, -0.25) is 4.79 Å². The van der Waals surface area contributed by atoms with Gasteiger partial charge in [0, 0.05) is 9.90 Å². The van der Waals surface area contributed by atoms with E-state index in [2.05, 4.69) is 10.3 Å². The first kappa shape index (κ1) is 19.2. The zero-order valence-corrected chi connectivity index (χ0v) is 17.4. The first-order valence-electron chi connectivity index (χ1n) is 7.56. The molecule has 2 heterocycles. The number of aromatic nitrogens is 1. The molecule has 1 aromatic carbocycles. The molecule has 0 radical (unpaired) electrons. The highest BCUT2D eigenvalue weighted by atomic mass is 35.5. The average Bonchev–Trinajstić information content (AvgIpc) is 3.12. The molecule has 0 aliphatic carbocycles. The van der Waals surface area contributed by atoms with Gasteiger partial charge in [0.05, 0.1) is 28.6 Å². The fourth-order valence-corrected chi connectivity index (χ4v) is 5.37. The van der Waals surface area contributed by atoms with Crippen LogP contribution in [0.15, 0.2) is 22.5 Å². The summed E-state index contributed by atoms with van der Waals surface area (Å²) in [6.45, 7) is 3.75. The number of carbonyl (C=O) groups is 2. The highest BCUT2D eigenvalue weighted by molar-refractivity contribution is 8.01. The Morgan fingerprint density at radius 3 is 2.81 bits per heavy atom. The molecule has 136 valence electrons. The second-order valence-corrected chi connectivity index (χ2v) is 9.32. The highest BCUT2D eigenvalue weighted by Crippen LogP contribution is 2.34. The number of ether oxygens (including phenoxy) is 1. The molecule has 0 aliphatic heterocycles. The first-order valence-corrected chi connectivity index (χ1v) is 10.6. The van der Waals surface area contributed by atoms with Crippen molar-refractivity contribution in [3.05, 3.63) is 39.2 Å². The Kier molecular flexibility index (Phi) is 5.86. The molecule has 2 aromatic heterocycles. The number of nitrogens with one attached hydrogen (secondary N) is 1. The van der Waals surface area contributed by atoms with Gasteiger partial charge in [-0.05, 0) is 37.6 Å². The Bertz CT molecular complexity index is 997. The third-order valence-corrected chi connectivity index (χ3v) is 7.22. The van der Waals surface area contributed by atoms with Crippen LogP contribution >= 0.6 is 46.0 Å². The molecule has 0 bridgehead atoms. The molecule has 0 unspecified atom stereocenters. The number of halogens is 1. The Hall–Kier alpha value is -1.61. The number of esters is 1. The van der Waals surface area contributed by atoms with Gasteiger partial charge >= 0.3 is 5.97 Å². The van der Waals surface area contributed by atoms with Crippen LogP contribution in [0.4, 0.5) is 5.00 Å². The fourth-order valence-electron chi connectivity index (χ4n) is 2.29. The van der Waals surface area contributed by atoms with E-state index in [4.69, 9.17) is 16.3 Å². The van der Waals surface area contributed by atoms with Gasteiger partial charge in [0.2, 0.25) is 5.91 Å². The summed E-state index contributed by atoms with van der Waals surface area (Å²) in [6, 6.07) is 5.54. The van der Waals surface area contributed by atoms with Crippen molar-refractivity contribution in [3.8, 4) is 0 Å². The molecule has 3 aromatic rings. The molecule has 0 saturated carbocycles. The number of hydrogen-bond donors (Lipinski definition) is 1. The summed E-state index contributed by atoms with van der Waals surface area (Å²) in [5.74, 6) is -0.444. The summed E-state index contributed by atoms with van der Waals surface area (Å²) in [7, 11) is 1.33. The van der Waals surface area contributed by atoms with Crippen molar-refractivity contribution >= 4 is 73.1 Å². The Labute approximate surface area is 167 Å². The van der Waals surface area contributed by atoms with Gasteiger partial charge in [-0.15, -0.1) is 22.7 Å². The first-order chi connectivity index (χ1) is 12.4. The number of anilines is 1. The summed E-state index contributed by atoms with van der Waals surface area (Å²) in [5, 5.41) is 3.97. The molecule has 5 nitrogen and oxygen atoms in total. The van der Waals surface area contributed by atoms with Gasteiger partial charge < -0.3 is 10.1 Å². The van der Waals surface area contributed by atoms with E-state index in [9.17, 15) is 9.59 Å². The van der Waals surface area contributed by atoms with Crippen molar-refractivity contribution in [3.63, 3.8) is 0 Å². The van der Waals surface area contributed by atoms with Crippen LogP contribution in [0.5, 0.6) is 0 Å². The summed E-state index contributed by atoms with van der Waals surface area (Å²) in [4.78, 5) is 29.7. The molecular formula is C17H15ClN2O3S3. The van der Waals surface area contributed by atoms with Crippen LogP contribution in [-0.4, -0.2) is 29.7 Å². The van der Waals surface area contributed by atoms with E-state index in [-0.39, 0.29) is 11.7 Å². The van der Waals surface area contributed by atoms with Gasteiger partial charge in [-0.2, -0.15) is 0 Å². The van der Waals surface area contributed by atoms with Gasteiger partial charge in [-0.25, -0.2) is 9.78 Å². The number of aryl methyl sites for hydroxylation is 1. The number of nitrogens with zero attached hydrogens (tertiary/aromatic N) is 1. The lowest BCUT2D eigenvalue weighted by atomic mass is 10.1. The van der Waals surface area contributed by atoms with E-state index in [0.717, 1.165) is 25.0 Å². The van der Waals surface area contributed by atoms with E-state index in [1.54, 1.807) is 6.07 Å². The van der Waals surface area contributed by atoms with Crippen molar-refractivity contribution in [1.82, 2.24) is 4.98 Å². The molecule has 0 saturated heterocycles. The van der Waals surface area contributed by atoms with E-state index in [1.165, 1.54) is 41.5 Å². The van der Waals surface area contributed by atoms with E-state index in [1.807, 2.05) is 26.0 Å². The second-order valence-electron chi connectivity index (χ2n) is 5.41. The maximum Gasteiger partial charge on any atom is 0.341 e. The number of benzene rings is 1. The lowest BCUT2D eigenvalue weighted by molar-refractivity contribution is -0.113. The molecule has 1 amide bonds. The molecular weight excluding hydrogens is 412 g/mol. The van der Waals surface area contributed by atoms with Gasteiger partial charge in [0.1, 0.15) is 5.00 Å². The van der Waals surface area contributed by atoms with E-state index in [0.29, 0.717) is 15.6 Å². The SMILES string of the molecule is COC(=O)c1c(NC(=O)CSc2nc3cc(Cl)ccc3s2)sc(C)c1C. The summed E-state index contributed by atoms with van der Waals surface area (Å²) in [5.41, 5.74) is 2.07. The van der Waals surface area contributed by atoms with Crippen LogP contribution in [0.25, 0.3) is 10.2 Å². The zero-order valence-electron chi connectivity index (χ0n) is 14.2. The maximum absolute atomic E-state index is 12.3. The van der Waals surface area contributed by atoms with Gasteiger partial charge in [0.25, 0.3) is 0 Å². The predicted octanol–water partition coefficient (Wildman–Crippen LogP) is 5.15. The number of thioether (sulfide) groups is 1. The Morgan fingerprint density at radius 2 is 2.08 bits per heavy atom. The van der Waals surface area contributed by atoms with Crippen LogP contribution in [-0.2, 0) is 9.53 Å². The molecule has 3 rings (SSSR count). The monoisotopic (exact) mass is 426 g/mol. The minimum Gasteiger partial charge on any atom is -0.465 e. The number of methoxy groups -OCH3 is 1. The van der Waals surface area contributed by atoms with Crippen LogP contribution in [0, 0.1) is 13.8 Å². The Balaban J connectivity index is 1.69. The lowest BCUT2D eigenvalue weighted by Crippen LogP contribution is -2.16. The Morgan fingerprint density at radius 1 is 1.31 bits per heavy atom. The largest absolute Gasteiger partial charge is 0.465 e. The van der Waals surface area contributed by atoms with Crippen molar-refractivity contribution in [2.45, 2.75) is 18.2 Å². The number of hydrogen-bond acceptors (Lipinski definition) is 7. The van der Waals surface area contributed by atoms with Crippen molar-refractivity contribution in [2.24, 2.45) is 0 Å². The van der Waals surface area contributed by atoms with E-state index >= 15 is 0 Å². The maximum atomic E-state index is 12.3. The molecule has 9 heteroatoms. The van der Waals surface area contributed by atoms with E-state index < -0.39 is 5.97 Å². The smallest absolute Gasteiger partial charge is 0.341 e. The van der Waals surface area contributed by atoms with Crippen molar-refractivity contribution < 1.29 is 14.3 Å². The van der Waals surface area contributed by atoms with Crippen molar-refractivity contribution in [2.75, 3.05) is 18.2 Å². The third kappa shape index (κ3) is 4.03. The van der Waals surface area contributed by atoms with Crippen LogP contribution < -0.4 is 5.32 Å². The number of thiazole rings is 1. The molecule has 0 fully saturated rings. The molecule has 0 atom stereocenters. The molecule has 0 aliphatic rings. The summed E-state index contributed by atoms with van der Waals surface area (Å²) < 4.78 is 6.64. The molecule has 26 heavy (non-hydrogen) atoms. The minimum atomic E-state index is -0.446. The standard InChI is InChI=1S/C17H15ClN2O3S3/c1-8-9(2)25-15(14(8)16(22)23-3)20-13(21)7-24-17-19-11-6-10(18)4-5-12(11)26-17/h4-6H,7H2,1-3H3,(H,20,21). The number of amides is 1. The second kappa shape index (κ2) is 7.96. The van der Waals surface area contributed by atoms with Gasteiger partial charge in [-0.1, -0.05) is 23.4 Å². The summed E-state index contributed by atoms with van der Waals surface area (Å²) >= 11 is 10.2. The summed E-state index contributed by atoms with van der Waals surface area (Å²) in [6.07, 6.45) is 0. The van der Waals surface area contributed by atoms with Gasteiger partial charge in [0.15, 0.2) is 4.34 Å². The highest BCUT2D eigenvalue weighted by Gasteiger charge is 2.21. The lowest BCUT2D eigenvalue weighted by Gasteiger charge is -2.05. The quantitative estimate of drug-likeness (QED) is 0.451. The topological polar surface area (TPSA) is 68.3 Å². The number of thiophene rings is 1. The molecule has 0 spiro atoms. The third-order valence-electron chi connectivity index (χ3n) is 3.68. The number of rotatable bonds is 5. The number of carbonyl (C=O) groups excluding carboxylic acids is 2. The zero-order chi connectivity index (χ0) is 18.8. The van der Waals surface area contributed by atoms with Crippen LogP contribution in [0.3, 0.4) is 0 Å². The minimum absolute atomic E-state index is 0.196.